The van der Waals surface area contributed by atoms with Gasteiger partial charge in [-0.1, -0.05) is 6.08 Å². The average Bonchev–Trinajstić information content (AvgIpc) is 2.74. The number of aryl methyl sites for hydroxylation is 1. The maximum absolute atomic E-state index is 12.2. The van der Waals surface area contributed by atoms with E-state index in [0.717, 1.165) is 5.57 Å². The zero-order chi connectivity index (χ0) is 17.3. The molecule has 124 valence electrons. The number of esters is 1. The summed E-state index contributed by atoms with van der Waals surface area (Å²) < 4.78 is 16.4. The van der Waals surface area contributed by atoms with Crippen LogP contribution < -0.4 is 10.2 Å². The highest BCUT2D eigenvalue weighted by molar-refractivity contribution is 5.93. The number of carbonyl (C=O) groups is 1. The van der Waals surface area contributed by atoms with Gasteiger partial charge in [0.2, 0.25) is 0 Å². The molecule has 1 aromatic carbocycles. The van der Waals surface area contributed by atoms with Gasteiger partial charge in [-0.05, 0) is 18.5 Å². The predicted molar refractivity (Wildman–Crippen MR) is 86.6 cm³/mol. The van der Waals surface area contributed by atoms with Crippen LogP contribution in [0.2, 0.25) is 0 Å². The number of ether oxygens (including phenoxy) is 2. The van der Waals surface area contributed by atoms with E-state index in [1.807, 2.05) is 6.08 Å². The summed E-state index contributed by atoms with van der Waals surface area (Å²) in [5.74, 6) is 0.489. The number of fused-ring (bicyclic) bond motifs is 3. The van der Waals surface area contributed by atoms with E-state index in [1.165, 1.54) is 19.1 Å². The van der Waals surface area contributed by atoms with Crippen LogP contribution in [0.25, 0.3) is 11.0 Å². The maximum Gasteiger partial charge on any atom is 0.302 e. The van der Waals surface area contributed by atoms with Crippen LogP contribution in [0.15, 0.2) is 38.2 Å². The Hall–Kier alpha value is -2.96. The molecule has 2 aromatic rings. The van der Waals surface area contributed by atoms with Gasteiger partial charge in [-0.3, -0.25) is 9.59 Å². The maximum atomic E-state index is 12.2. The van der Waals surface area contributed by atoms with Gasteiger partial charge in [0, 0.05) is 30.2 Å². The van der Waals surface area contributed by atoms with Crippen LogP contribution in [0.1, 0.15) is 18.2 Å². The molecule has 0 amide bonds. The van der Waals surface area contributed by atoms with Crippen LogP contribution in [0.3, 0.4) is 0 Å². The SMILES string of the molecule is CC(=O)OCC1=CCc2c(cc(N=O)c3c(=O)cc(C)oc23)OC1. The standard InChI is InChI=1S/C17H15NO6/c1-9-5-14(20)16-13(18-21)6-15-12(17(16)24-9)4-3-11(8-23-15)7-22-10(2)19/h3,5-6H,4,7-8H2,1-2H3. The second-order valence-corrected chi connectivity index (χ2v) is 5.52. The lowest BCUT2D eigenvalue weighted by Gasteiger charge is -2.11. The van der Waals surface area contributed by atoms with Gasteiger partial charge >= 0.3 is 5.97 Å². The van der Waals surface area contributed by atoms with Gasteiger partial charge in [0.25, 0.3) is 0 Å². The third-order valence-electron chi connectivity index (χ3n) is 3.73. The first-order valence-corrected chi connectivity index (χ1v) is 7.37. The average molecular weight is 329 g/mol. The summed E-state index contributed by atoms with van der Waals surface area (Å²) in [5.41, 5.74) is 1.42. The third-order valence-corrected chi connectivity index (χ3v) is 3.73. The summed E-state index contributed by atoms with van der Waals surface area (Å²) in [7, 11) is 0. The molecule has 0 atom stereocenters. The van der Waals surface area contributed by atoms with Gasteiger partial charge in [-0.25, -0.2) is 0 Å². The largest absolute Gasteiger partial charge is 0.489 e. The van der Waals surface area contributed by atoms with E-state index in [2.05, 4.69) is 5.18 Å². The van der Waals surface area contributed by atoms with Gasteiger partial charge in [0.05, 0.1) is 5.39 Å². The highest BCUT2D eigenvalue weighted by Gasteiger charge is 2.21. The molecule has 0 spiro atoms. The van der Waals surface area contributed by atoms with Crippen LogP contribution in [0.5, 0.6) is 5.75 Å². The van der Waals surface area contributed by atoms with Crippen LogP contribution in [0.4, 0.5) is 5.69 Å². The molecule has 0 saturated carbocycles. The minimum absolute atomic E-state index is 0.0130. The summed E-state index contributed by atoms with van der Waals surface area (Å²) >= 11 is 0. The number of nitroso groups, excluding NO2 is 1. The number of allylic oxidation sites excluding steroid dienone is 1. The lowest BCUT2D eigenvalue weighted by Crippen LogP contribution is -2.09. The van der Waals surface area contributed by atoms with E-state index < -0.39 is 0 Å². The van der Waals surface area contributed by atoms with E-state index >= 15 is 0 Å². The molecule has 0 fully saturated rings. The second-order valence-electron chi connectivity index (χ2n) is 5.52. The number of benzene rings is 1. The van der Waals surface area contributed by atoms with E-state index in [-0.39, 0.29) is 35.7 Å². The summed E-state index contributed by atoms with van der Waals surface area (Å²) in [5, 5.41) is 3.08. The Labute approximate surface area is 136 Å². The van der Waals surface area contributed by atoms with Crippen molar-refractivity contribution in [3.8, 4) is 5.75 Å². The van der Waals surface area contributed by atoms with Crippen LogP contribution in [0, 0.1) is 11.8 Å². The van der Waals surface area contributed by atoms with Gasteiger partial charge in [0.1, 0.15) is 36.0 Å². The fourth-order valence-corrected chi connectivity index (χ4v) is 2.63. The Balaban J connectivity index is 2.11. The Morgan fingerprint density at radius 3 is 2.88 bits per heavy atom. The summed E-state index contributed by atoms with van der Waals surface area (Å²) in [6.45, 7) is 3.33. The lowest BCUT2D eigenvalue weighted by atomic mass is 10.0. The Morgan fingerprint density at radius 2 is 2.17 bits per heavy atom. The van der Waals surface area contributed by atoms with Crippen molar-refractivity contribution in [3.63, 3.8) is 0 Å². The first kappa shape index (κ1) is 15.9. The Kier molecular flexibility index (Phi) is 4.16. The zero-order valence-corrected chi connectivity index (χ0v) is 13.3. The molecule has 7 nitrogen and oxygen atoms in total. The smallest absolute Gasteiger partial charge is 0.302 e. The van der Waals surface area contributed by atoms with E-state index in [9.17, 15) is 14.5 Å². The lowest BCUT2D eigenvalue weighted by molar-refractivity contribution is -0.140. The molecular weight excluding hydrogens is 314 g/mol. The molecular formula is C17H15NO6. The molecule has 0 aliphatic carbocycles. The first-order valence-electron chi connectivity index (χ1n) is 7.37. The molecule has 0 N–H and O–H groups in total. The van der Waals surface area contributed by atoms with Gasteiger partial charge in [-0.15, -0.1) is 4.91 Å². The number of hydrogen-bond acceptors (Lipinski definition) is 7. The van der Waals surface area contributed by atoms with Crippen molar-refractivity contribution >= 4 is 22.6 Å². The third kappa shape index (κ3) is 2.92. The molecule has 0 radical (unpaired) electrons. The van der Waals surface area contributed by atoms with Crippen molar-refractivity contribution in [1.82, 2.24) is 0 Å². The highest BCUT2D eigenvalue weighted by atomic mass is 16.5. The van der Waals surface area contributed by atoms with Crippen molar-refractivity contribution in [1.29, 1.82) is 0 Å². The van der Waals surface area contributed by atoms with E-state index in [1.54, 1.807) is 6.92 Å². The number of hydrogen-bond donors (Lipinski definition) is 0. The molecule has 7 heteroatoms. The minimum atomic E-state index is -0.378. The predicted octanol–water partition coefficient (Wildman–Crippen LogP) is 2.92. The van der Waals surface area contributed by atoms with Gasteiger partial charge < -0.3 is 13.9 Å². The fraction of sp³-hybridized carbons (Fsp3) is 0.294. The van der Waals surface area contributed by atoms with Crippen molar-refractivity contribution < 1.29 is 18.7 Å². The quantitative estimate of drug-likeness (QED) is 0.488. The van der Waals surface area contributed by atoms with Gasteiger partial charge in [0.15, 0.2) is 5.43 Å². The second kappa shape index (κ2) is 6.27. The van der Waals surface area contributed by atoms with Crippen LogP contribution in [-0.4, -0.2) is 19.2 Å². The Morgan fingerprint density at radius 1 is 1.38 bits per heavy atom. The summed E-state index contributed by atoms with van der Waals surface area (Å²) in [6.07, 6.45) is 2.29. The van der Waals surface area contributed by atoms with Crippen molar-refractivity contribution in [2.75, 3.05) is 13.2 Å². The van der Waals surface area contributed by atoms with E-state index in [4.69, 9.17) is 13.9 Å². The zero-order valence-electron chi connectivity index (χ0n) is 13.3. The summed E-state index contributed by atoms with van der Waals surface area (Å²) in [6, 6.07) is 2.77. The molecule has 0 unspecified atom stereocenters. The first-order chi connectivity index (χ1) is 11.5. The van der Waals surface area contributed by atoms with Crippen molar-refractivity contribution in [3.05, 3.63) is 50.2 Å². The topological polar surface area (TPSA) is 95.2 Å². The Bertz CT molecular complexity index is 925. The molecule has 24 heavy (non-hydrogen) atoms. The summed E-state index contributed by atoms with van der Waals surface area (Å²) in [4.78, 5) is 34.3. The number of rotatable bonds is 3. The van der Waals surface area contributed by atoms with Crippen molar-refractivity contribution in [2.45, 2.75) is 20.3 Å². The number of nitrogens with zero attached hydrogens (tertiary/aromatic N) is 1. The molecule has 3 rings (SSSR count). The van der Waals surface area contributed by atoms with E-state index in [0.29, 0.717) is 29.1 Å². The van der Waals surface area contributed by atoms with Crippen LogP contribution in [-0.2, 0) is 16.0 Å². The van der Waals surface area contributed by atoms with Crippen molar-refractivity contribution in [2.24, 2.45) is 5.18 Å². The highest BCUT2D eigenvalue weighted by Crippen LogP contribution is 2.36. The minimum Gasteiger partial charge on any atom is -0.489 e. The molecule has 2 heterocycles. The van der Waals surface area contributed by atoms with Gasteiger partial charge in [-0.2, -0.15) is 0 Å². The fourth-order valence-electron chi connectivity index (χ4n) is 2.63. The monoisotopic (exact) mass is 329 g/mol. The molecule has 0 saturated heterocycles. The molecule has 1 aliphatic heterocycles. The van der Waals surface area contributed by atoms with Crippen LogP contribution >= 0.6 is 0 Å². The molecule has 0 bridgehead atoms. The normalized spacial score (nSPS) is 13.5. The molecule has 1 aromatic heterocycles. The number of carbonyl (C=O) groups excluding carboxylic acids is 1. The molecule has 1 aliphatic rings.